The highest BCUT2D eigenvalue weighted by molar-refractivity contribution is 7.92. The normalized spacial score (nSPS) is 14.6. The average Bonchev–Trinajstić information content (AvgIpc) is 3.06. The van der Waals surface area contributed by atoms with Crippen LogP contribution in [0.1, 0.15) is 60.0 Å². The Kier molecular flexibility index (Phi) is 5.31. The number of aromatic amines is 1. The number of ketones is 1. The number of H-pyrrole nitrogens is 1. The first-order chi connectivity index (χ1) is 14.3. The summed E-state index contributed by atoms with van der Waals surface area (Å²) < 4.78 is 55.5. The lowest BCUT2D eigenvalue weighted by Gasteiger charge is -2.25. The Morgan fingerprint density at radius 2 is 2.07 bits per heavy atom. The number of fused-ring (bicyclic) bond motifs is 1. The van der Waals surface area contributed by atoms with Crippen LogP contribution < -0.4 is 4.72 Å². The van der Waals surface area contributed by atoms with Gasteiger partial charge in [0, 0.05) is 23.3 Å². The lowest BCUT2D eigenvalue weighted by Crippen LogP contribution is -2.18. The summed E-state index contributed by atoms with van der Waals surface area (Å²) in [6, 6.07) is 3.69. The zero-order valence-corrected chi connectivity index (χ0v) is 17.2. The smallest absolute Gasteiger partial charge is 0.232 e. The van der Waals surface area contributed by atoms with Gasteiger partial charge in [0.2, 0.25) is 15.8 Å². The number of aromatic nitrogens is 2. The molecule has 1 fully saturated rings. The van der Waals surface area contributed by atoms with Crippen LogP contribution in [-0.4, -0.2) is 29.9 Å². The summed E-state index contributed by atoms with van der Waals surface area (Å²) in [5, 5.41) is 0.486. The van der Waals surface area contributed by atoms with Crippen LogP contribution in [0.2, 0.25) is 0 Å². The maximum atomic E-state index is 15.0. The molecule has 1 saturated carbocycles. The van der Waals surface area contributed by atoms with Crippen LogP contribution in [0, 0.1) is 11.6 Å². The number of nitrogens with zero attached hydrogens (tertiary/aromatic N) is 1. The van der Waals surface area contributed by atoms with Gasteiger partial charge in [-0.05, 0) is 48.9 Å². The van der Waals surface area contributed by atoms with Gasteiger partial charge in [0.1, 0.15) is 11.5 Å². The number of sulfonamides is 1. The number of anilines is 1. The van der Waals surface area contributed by atoms with Crippen LogP contribution in [-0.2, 0) is 10.0 Å². The Morgan fingerprint density at radius 3 is 2.73 bits per heavy atom. The Labute approximate surface area is 172 Å². The van der Waals surface area contributed by atoms with Gasteiger partial charge in [0.05, 0.1) is 17.0 Å². The molecule has 0 unspecified atom stereocenters. The van der Waals surface area contributed by atoms with E-state index in [1.54, 1.807) is 13.1 Å². The summed E-state index contributed by atoms with van der Waals surface area (Å²) in [5.74, 6) is -3.01. The summed E-state index contributed by atoms with van der Waals surface area (Å²) in [5.41, 5.74) is 0.263. The minimum absolute atomic E-state index is 0.0880. The zero-order chi connectivity index (χ0) is 21.5. The third-order valence-electron chi connectivity index (χ3n) is 5.43. The van der Waals surface area contributed by atoms with Crippen LogP contribution >= 0.6 is 0 Å². The van der Waals surface area contributed by atoms with E-state index in [1.165, 1.54) is 6.20 Å². The van der Waals surface area contributed by atoms with Crippen molar-refractivity contribution in [3.63, 3.8) is 0 Å². The molecule has 1 aliphatic carbocycles. The third kappa shape index (κ3) is 3.69. The van der Waals surface area contributed by atoms with Crippen molar-refractivity contribution in [2.24, 2.45) is 0 Å². The standard InChI is InChI=1S/C21H21F2N3O3S/c1-2-8-30(28,29)26-17-7-6-16(22)18(19(17)23)20(27)15-11-25-21-14(15)9-13(10-24-21)12-4-3-5-12/h6-7,9-12,26H,2-5,8H2,1H3,(H,24,25). The van der Waals surface area contributed by atoms with Gasteiger partial charge in [-0.1, -0.05) is 13.3 Å². The van der Waals surface area contributed by atoms with Gasteiger partial charge in [-0.15, -0.1) is 0 Å². The molecule has 1 aromatic carbocycles. The van der Waals surface area contributed by atoms with Crippen molar-refractivity contribution in [1.29, 1.82) is 0 Å². The molecule has 6 nitrogen and oxygen atoms in total. The molecular weight excluding hydrogens is 412 g/mol. The lowest BCUT2D eigenvalue weighted by molar-refractivity contribution is 0.103. The Balaban J connectivity index is 1.75. The van der Waals surface area contributed by atoms with Crippen molar-refractivity contribution < 1.29 is 22.0 Å². The number of rotatable bonds is 7. The topological polar surface area (TPSA) is 91.9 Å². The minimum Gasteiger partial charge on any atom is -0.345 e. The van der Waals surface area contributed by atoms with Crippen LogP contribution in [0.4, 0.5) is 14.5 Å². The number of nitrogens with one attached hydrogen (secondary N) is 2. The molecule has 1 aliphatic rings. The first kappa shape index (κ1) is 20.5. The number of hydrogen-bond donors (Lipinski definition) is 2. The fourth-order valence-corrected chi connectivity index (χ4v) is 4.77. The first-order valence-electron chi connectivity index (χ1n) is 9.81. The Bertz CT molecular complexity index is 1230. The maximum absolute atomic E-state index is 15.0. The SMILES string of the molecule is CCCS(=O)(=O)Nc1ccc(F)c(C(=O)c2c[nH]c3ncc(C4CCC4)cc23)c1F. The van der Waals surface area contributed by atoms with Crippen molar-refractivity contribution in [1.82, 2.24) is 9.97 Å². The van der Waals surface area contributed by atoms with Crippen molar-refractivity contribution >= 4 is 32.5 Å². The van der Waals surface area contributed by atoms with E-state index in [9.17, 15) is 17.6 Å². The van der Waals surface area contributed by atoms with Gasteiger partial charge in [0.15, 0.2) is 5.82 Å². The van der Waals surface area contributed by atoms with Crippen LogP contribution in [0.3, 0.4) is 0 Å². The second kappa shape index (κ2) is 7.79. The number of halogens is 2. The molecule has 4 rings (SSSR count). The van der Waals surface area contributed by atoms with Crippen molar-refractivity contribution in [3.05, 3.63) is 58.9 Å². The monoisotopic (exact) mass is 433 g/mol. The van der Waals surface area contributed by atoms with Crippen molar-refractivity contribution in [2.45, 2.75) is 38.5 Å². The Hall–Kier alpha value is -2.81. The molecule has 0 radical (unpaired) electrons. The molecule has 0 bridgehead atoms. The van der Waals surface area contributed by atoms with Crippen LogP contribution in [0.15, 0.2) is 30.6 Å². The minimum atomic E-state index is -3.80. The molecule has 30 heavy (non-hydrogen) atoms. The average molecular weight is 433 g/mol. The molecule has 158 valence electrons. The van der Waals surface area contributed by atoms with Crippen LogP contribution in [0.5, 0.6) is 0 Å². The van der Waals surface area contributed by atoms with E-state index in [2.05, 4.69) is 14.7 Å². The van der Waals surface area contributed by atoms with E-state index in [0.717, 1.165) is 37.0 Å². The van der Waals surface area contributed by atoms with E-state index in [1.807, 2.05) is 6.07 Å². The molecule has 0 spiro atoms. The summed E-state index contributed by atoms with van der Waals surface area (Å²) >= 11 is 0. The molecule has 2 heterocycles. The highest BCUT2D eigenvalue weighted by Crippen LogP contribution is 2.37. The van der Waals surface area contributed by atoms with Crippen molar-refractivity contribution in [3.8, 4) is 0 Å². The molecule has 9 heteroatoms. The highest BCUT2D eigenvalue weighted by atomic mass is 32.2. The fraction of sp³-hybridized carbons (Fsp3) is 0.333. The zero-order valence-electron chi connectivity index (χ0n) is 16.3. The maximum Gasteiger partial charge on any atom is 0.232 e. The van der Waals surface area contributed by atoms with Gasteiger partial charge in [-0.3, -0.25) is 9.52 Å². The van der Waals surface area contributed by atoms with Gasteiger partial charge >= 0.3 is 0 Å². The number of pyridine rings is 1. The van der Waals surface area contributed by atoms with E-state index >= 15 is 4.39 Å². The largest absolute Gasteiger partial charge is 0.345 e. The molecule has 0 aliphatic heterocycles. The first-order valence-corrected chi connectivity index (χ1v) is 11.5. The molecule has 0 atom stereocenters. The van der Waals surface area contributed by atoms with Crippen LogP contribution in [0.25, 0.3) is 11.0 Å². The summed E-state index contributed by atoms with van der Waals surface area (Å²) in [4.78, 5) is 20.3. The van der Waals surface area contributed by atoms with E-state index in [-0.39, 0.29) is 11.3 Å². The molecule has 0 saturated heterocycles. The second-order valence-electron chi connectivity index (χ2n) is 7.53. The predicted octanol–water partition coefficient (Wildman–Crippen LogP) is 4.49. The quantitative estimate of drug-likeness (QED) is 0.537. The Morgan fingerprint density at radius 1 is 1.30 bits per heavy atom. The third-order valence-corrected chi connectivity index (χ3v) is 6.91. The van der Waals surface area contributed by atoms with Gasteiger partial charge < -0.3 is 4.98 Å². The molecular formula is C21H21F2N3O3S. The van der Waals surface area contributed by atoms with Gasteiger partial charge in [0.25, 0.3) is 0 Å². The van der Waals surface area contributed by atoms with Crippen molar-refractivity contribution in [2.75, 3.05) is 10.5 Å². The summed E-state index contributed by atoms with van der Waals surface area (Å²) in [6.45, 7) is 1.66. The van der Waals surface area contributed by atoms with E-state index in [4.69, 9.17) is 0 Å². The fourth-order valence-electron chi connectivity index (χ4n) is 3.63. The molecule has 3 aromatic rings. The number of benzene rings is 1. The summed E-state index contributed by atoms with van der Waals surface area (Å²) in [7, 11) is -3.80. The van der Waals surface area contributed by atoms with E-state index < -0.39 is 38.7 Å². The number of hydrogen-bond acceptors (Lipinski definition) is 4. The highest BCUT2D eigenvalue weighted by Gasteiger charge is 2.27. The number of carbonyl (C=O) groups excluding carboxylic acids is 1. The lowest BCUT2D eigenvalue weighted by atomic mass is 9.80. The second-order valence-corrected chi connectivity index (χ2v) is 9.37. The van der Waals surface area contributed by atoms with Gasteiger partial charge in [-0.25, -0.2) is 22.2 Å². The van der Waals surface area contributed by atoms with E-state index in [0.29, 0.717) is 23.4 Å². The summed E-state index contributed by atoms with van der Waals surface area (Å²) in [6.07, 6.45) is 6.68. The molecule has 2 aromatic heterocycles. The molecule has 0 amide bonds. The number of carbonyl (C=O) groups is 1. The predicted molar refractivity (Wildman–Crippen MR) is 110 cm³/mol. The van der Waals surface area contributed by atoms with Gasteiger partial charge in [-0.2, -0.15) is 0 Å². The molecule has 2 N–H and O–H groups in total.